The molecule has 0 aliphatic heterocycles. The number of nitrogens with one attached hydrogen (secondary N) is 1. The number of benzene rings is 1. The second-order valence-electron chi connectivity index (χ2n) is 3.52. The van der Waals surface area contributed by atoms with Crippen molar-refractivity contribution in [3.63, 3.8) is 0 Å². The number of nitrogens with zero attached hydrogens (tertiary/aromatic N) is 2. The molecule has 0 bridgehead atoms. The van der Waals surface area contributed by atoms with Crippen molar-refractivity contribution < 1.29 is 4.39 Å². The van der Waals surface area contributed by atoms with Crippen LogP contribution in [0.2, 0.25) is 0 Å². The molecule has 1 aromatic carbocycles. The molecule has 1 aromatic heterocycles. The van der Waals surface area contributed by atoms with Gasteiger partial charge in [-0.25, -0.2) is 4.39 Å². The maximum Gasteiger partial charge on any atom is 0.223 e. The third-order valence-corrected chi connectivity index (χ3v) is 2.13. The lowest BCUT2D eigenvalue weighted by atomic mass is 10.2. The number of rotatable bonds is 3. The van der Waals surface area contributed by atoms with Gasteiger partial charge in [-0.1, -0.05) is 12.1 Å². The number of anilines is 3. The number of nitrogens with two attached hydrogens (primary N) is 2. The van der Waals surface area contributed by atoms with E-state index >= 15 is 0 Å². The molecule has 6 heteroatoms. The van der Waals surface area contributed by atoms with Crippen molar-refractivity contribution >= 4 is 17.6 Å². The normalized spacial score (nSPS) is 10.2. The molecule has 1 heterocycles. The van der Waals surface area contributed by atoms with Crippen molar-refractivity contribution in [3.8, 4) is 0 Å². The van der Waals surface area contributed by atoms with Gasteiger partial charge in [-0.3, -0.25) is 0 Å². The quantitative estimate of drug-likeness (QED) is 0.745. The van der Waals surface area contributed by atoms with Gasteiger partial charge in [-0.2, -0.15) is 9.97 Å². The molecular formula is C11H12FN5. The Kier molecular flexibility index (Phi) is 3.04. The molecule has 2 aromatic rings. The van der Waals surface area contributed by atoms with E-state index in [9.17, 15) is 4.39 Å². The van der Waals surface area contributed by atoms with Crippen LogP contribution in [0, 0.1) is 5.82 Å². The van der Waals surface area contributed by atoms with Crippen molar-refractivity contribution in [2.24, 2.45) is 0 Å². The molecule has 0 fully saturated rings. The summed E-state index contributed by atoms with van der Waals surface area (Å²) in [6.45, 7) is 0.438. The average Bonchev–Trinajstić information content (AvgIpc) is 2.25. The standard InChI is InChI=1S/C11H12FN5/c12-8-3-1-2-7(4-8)6-15-10-5-9(13)16-11(14)17-10/h1-5H,6H2,(H5,13,14,15,16,17). The van der Waals surface area contributed by atoms with Crippen LogP contribution in [0.4, 0.5) is 22.0 Å². The smallest absolute Gasteiger partial charge is 0.223 e. The van der Waals surface area contributed by atoms with Crippen molar-refractivity contribution in [1.82, 2.24) is 9.97 Å². The van der Waals surface area contributed by atoms with E-state index < -0.39 is 0 Å². The van der Waals surface area contributed by atoms with Gasteiger partial charge >= 0.3 is 0 Å². The third kappa shape index (κ3) is 3.04. The number of nitrogen functional groups attached to an aromatic ring is 2. The fourth-order valence-electron chi connectivity index (χ4n) is 1.42. The fraction of sp³-hybridized carbons (Fsp3) is 0.0909. The Labute approximate surface area is 97.7 Å². The molecule has 0 aliphatic carbocycles. The van der Waals surface area contributed by atoms with Gasteiger partial charge < -0.3 is 16.8 Å². The first-order chi connectivity index (χ1) is 8.13. The van der Waals surface area contributed by atoms with Crippen LogP contribution < -0.4 is 16.8 Å². The Morgan fingerprint density at radius 1 is 1.18 bits per heavy atom. The second-order valence-corrected chi connectivity index (χ2v) is 3.52. The summed E-state index contributed by atoms with van der Waals surface area (Å²) in [6.07, 6.45) is 0. The van der Waals surface area contributed by atoms with Gasteiger partial charge in [-0.05, 0) is 17.7 Å². The topological polar surface area (TPSA) is 89.8 Å². The second kappa shape index (κ2) is 4.65. The van der Waals surface area contributed by atoms with Gasteiger partial charge in [0.15, 0.2) is 0 Å². The fourth-order valence-corrected chi connectivity index (χ4v) is 1.42. The van der Waals surface area contributed by atoms with Crippen molar-refractivity contribution in [2.75, 3.05) is 16.8 Å². The lowest BCUT2D eigenvalue weighted by Crippen LogP contribution is -2.06. The van der Waals surface area contributed by atoms with Crippen LogP contribution in [-0.4, -0.2) is 9.97 Å². The number of halogens is 1. The molecule has 88 valence electrons. The summed E-state index contributed by atoms with van der Waals surface area (Å²) in [6, 6.07) is 7.86. The minimum absolute atomic E-state index is 0.103. The van der Waals surface area contributed by atoms with Gasteiger partial charge in [0.2, 0.25) is 5.95 Å². The first-order valence-electron chi connectivity index (χ1n) is 5.02. The molecule has 5 nitrogen and oxygen atoms in total. The van der Waals surface area contributed by atoms with Gasteiger partial charge in [0.05, 0.1) is 0 Å². The van der Waals surface area contributed by atoms with Crippen molar-refractivity contribution in [3.05, 3.63) is 41.7 Å². The Morgan fingerprint density at radius 3 is 2.71 bits per heavy atom. The molecule has 0 radical (unpaired) electrons. The van der Waals surface area contributed by atoms with E-state index in [0.29, 0.717) is 18.2 Å². The summed E-state index contributed by atoms with van der Waals surface area (Å²) in [7, 11) is 0. The average molecular weight is 233 g/mol. The van der Waals surface area contributed by atoms with Gasteiger partial charge in [0, 0.05) is 12.6 Å². The van der Waals surface area contributed by atoms with E-state index in [1.165, 1.54) is 12.1 Å². The lowest BCUT2D eigenvalue weighted by molar-refractivity contribution is 0.626. The summed E-state index contributed by atoms with van der Waals surface area (Å²) in [5.74, 6) is 0.635. The van der Waals surface area contributed by atoms with Crippen LogP contribution in [-0.2, 0) is 6.54 Å². The Bertz CT molecular complexity index is 509. The molecule has 17 heavy (non-hydrogen) atoms. The van der Waals surface area contributed by atoms with Crippen LogP contribution in [0.5, 0.6) is 0 Å². The van der Waals surface area contributed by atoms with Gasteiger partial charge in [-0.15, -0.1) is 0 Å². The highest BCUT2D eigenvalue weighted by Gasteiger charge is 2.00. The third-order valence-electron chi connectivity index (χ3n) is 2.13. The monoisotopic (exact) mass is 233 g/mol. The minimum Gasteiger partial charge on any atom is -0.383 e. The first kappa shape index (κ1) is 11.1. The highest BCUT2D eigenvalue weighted by Crippen LogP contribution is 2.11. The predicted octanol–water partition coefficient (Wildman–Crippen LogP) is 1.39. The number of aromatic nitrogens is 2. The molecule has 0 saturated heterocycles. The molecule has 5 N–H and O–H groups in total. The van der Waals surface area contributed by atoms with E-state index in [-0.39, 0.29) is 11.8 Å². The lowest BCUT2D eigenvalue weighted by Gasteiger charge is -2.06. The van der Waals surface area contributed by atoms with Crippen LogP contribution in [0.25, 0.3) is 0 Å². The summed E-state index contributed by atoms with van der Waals surface area (Å²) in [5, 5.41) is 2.99. The highest BCUT2D eigenvalue weighted by molar-refractivity contribution is 5.48. The number of hydrogen-bond donors (Lipinski definition) is 3. The largest absolute Gasteiger partial charge is 0.383 e. The summed E-state index contributed by atoms with van der Waals surface area (Å²) < 4.78 is 12.9. The maximum absolute atomic E-state index is 12.9. The molecule has 2 rings (SSSR count). The Hall–Kier alpha value is -2.37. The van der Waals surface area contributed by atoms with E-state index in [1.807, 2.05) is 6.07 Å². The van der Waals surface area contributed by atoms with Crippen LogP contribution in [0.3, 0.4) is 0 Å². The van der Waals surface area contributed by atoms with Gasteiger partial charge in [0.1, 0.15) is 17.5 Å². The molecule has 0 spiro atoms. The molecule has 0 unspecified atom stereocenters. The minimum atomic E-state index is -0.272. The Morgan fingerprint density at radius 2 is 2.00 bits per heavy atom. The van der Waals surface area contributed by atoms with E-state index in [0.717, 1.165) is 5.56 Å². The van der Waals surface area contributed by atoms with Gasteiger partial charge in [0.25, 0.3) is 0 Å². The predicted molar refractivity (Wildman–Crippen MR) is 64.6 cm³/mol. The van der Waals surface area contributed by atoms with Crippen molar-refractivity contribution in [1.29, 1.82) is 0 Å². The number of hydrogen-bond acceptors (Lipinski definition) is 5. The zero-order chi connectivity index (χ0) is 12.3. The SMILES string of the molecule is Nc1cc(NCc2cccc(F)c2)nc(N)n1. The Balaban J connectivity index is 2.07. The summed E-state index contributed by atoms with van der Waals surface area (Å²) >= 11 is 0. The molecule has 0 saturated carbocycles. The van der Waals surface area contributed by atoms with Crippen LogP contribution >= 0.6 is 0 Å². The highest BCUT2D eigenvalue weighted by atomic mass is 19.1. The summed E-state index contributed by atoms with van der Waals surface area (Å²) in [4.78, 5) is 7.70. The maximum atomic E-state index is 12.9. The van der Waals surface area contributed by atoms with Crippen LogP contribution in [0.1, 0.15) is 5.56 Å². The van der Waals surface area contributed by atoms with E-state index in [2.05, 4.69) is 15.3 Å². The summed E-state index contributed by atoms with van der Waals surface area (Å²) in [5.41, 5.74) is 11.8. The zero-order valence-electron chi connectivity index (χ0n) is 9.02. The van der Waals surface area contributed by atoms with E-state index in [1.54, 1.807) is 12.1 Å². The first-order valence-corrected chi connectivity index (χ1v) is 5.02. The zero-order valence-corrected chi connectivity index (χ0v) is 9.02. The van der Waals surface area contributed by atoms with Crippen molar-refractivity contribution in [2.45, 2.75) is 6.54 Å². The molecule has 0 amide bonds. The van der Waals surface area contributed by atoms with Crippen LogP contribution in [0.15, 0.2) is 30.3 Å². The molecule has 0 atom stereocenters. The molecule has 0 aliphatic rings. The molecular weight excluding hydrogens is 221 g/mol. The van der Waals surface area contributed by atoms with E-state index in [4.69, 9.17) is 11.5 Å².